The van der Waals surface area contributed by atoms with Crippen molar-refractivity contribution in [3.05, 3.63) is 72.5 Å². The van der Waals surface area contributed by atoms with E-state index in [0.717, 1.165) is 42.3 Å². The van der Waals surface area contributed by atoms with Gasteiger partial charge < -0.3 is 24.8 Å². The number of amides is 1. The third-order valence-electron chi connectivity index (χ3n) is 5.80. The van der Waals surface area contributed by atoms with Crippen LogP contribution in [0.15, 0.2) is 72.5 Å². The highest BCUT2D eigenvalue weighted by molar-refractivity contribution is 7.80. The molecule has 2 aromatic carbocycles. The molecule has 1 aliphatic rings. The Hall–Kier alpha value is -3.91. The maximum absolute atomic E-state index is 12.2. The van der Waals surface area contributed by atoms with E-state index in [9.17, 15) is 4.79 Å². The average molecular weight is 504 g/mol. The number of pyridine rings is 1. The number of ether oxygens (including phenoxy) is 3. The van der Waals surface area contributed by atoms with E-state index in [4.69, 9.17) is 26.4 Å². The predicted molar refractivity (Wildman–Crippen MR) is 146 cm³/mol. The Labute approximate surface area is 216 Å². The van der Waals surface area contributed by atoms with Crippen LogP contribution in [0.25, 0.3) is 10.9 Å². The van der Waals surface area contributed by atoms with E-state index in [1.807, 2.05) is 36.4 Å². The lowest BCUT2D eigenvalue weighted by Gasteiger charge is -2.13. The van der Waals surface area contributed by atoms with Gasteiger partial charge in [-0.15, -0.1) is 0 Å². The summed E-state index contributed by atoms with van der Waals surface area (Å²) in [6, 6.07) is 12.8. The number of hydrogen-bond acceptors (Lipinski definition) is 6. The van der Waals surface area contributed by atoms with Gasteiger partial charge in [-0.1, -0.05) is 23.8 Å². The number of hydrogen-bond donors (Lipinski definition) is 2. The Morgan fingerprint density at radius 2 is 1.83 bits per heavy atom. The van der Waals surface area contributed by atoms with Gasteiger partial charge in [0.25, 0.3) is 0 Å². The molecule has 3 aromatic rings. The number of benzene rings is 2. The summed E-state index contributed by atoms with van der Waals surface area (Å²) in [6.45, 7) is 0. The first-order valence-corrected chi connectivity index (χ1v) is 12.2. The van der Waals surface area contributed by atoms with Gasteiger partial charge in [0.15, 0.2) is 16.6 Å². The normalized spacial score (nSPS) is 12.6. The van der Waals surface area contributed by atoms with Crippen molar-refractivity contribution in [2.24, 2.45) is 0 Å². The first-order chi connectivity index (χ1) is 17.6. The number of fused-ring (bicyclic) bond motifs is 1. The van der Waals surface area contributed by atoms with E-state index >= 15 is 0 Å². The largest absolute Gasteiger partial charge is 0.493 e. The number of aromatic nitrogens is 1. The van der Waals surface area contributed by atoms with Crippen molar-refractivity contribution in [3.8, 4) is 23.0 Å². The first kappa shape index (κ1) is 25.2. The van der Waals surface area contributed by atoms with Crippen LogP contribution in [0.2, 0.25) is 0 Å². The minimum Gasteiger partial charge on any atom is -0.493 e. The number of carbonyl (C=O) groups excluding carboxylic acids is 1. The van der Waals surface area contributed by atoms with Crippen LogP contribution in [-0.4, -0.2) is 30.2 Å². The topological polar surface area (TPSA) is 81.7 Å². The lowest BCUT2D eigenvalue weighted by atomic mass is 10.00. The summed E-state index contributed by atoms with van der Waals surface area (Å²) in [5.41, 5.74) is 2.88. The van der Waals surface area contributed by atoms with Crippen molar-refractivity contribution in [1.82, 2.24) is 10.3 Å². The Morgan fingerprint density at radius 1 is 1.06 bits per heavy atom. The van der Waals surface area contributed by atoms with Crippen LogP contribution in [-0.2, 0) is 4.79 Å². The molecule has 2 N–H and O–H groups in total. The van der Waals surface area contributed by atoms with Crippen molar-refractivity contribution in [2.45, 2.75) is 32.1 Å². The summed E-state index contributed by atoms with van der Waals surface area (Å²) in [4.78, 5) is 16.6. The average Bonchev–Trinajstić information content (AvgIpc) is 2.89. The van der Waals surface area contributed by atoms with Gasteiger partial charge in [0.2, 0.25) is 5.91 Å². The minimum atomic E-state index is -0.0870. The molecular formula is C28H29N3O4S. The first-order valence-electron chi connectivity index (χ1n) is 11.8. The maximum Gasteiger partial charge on any atom is 0.226 e. The summed E-state index contributed by atoms with van der Waals surface area (Å²) in [6.07, 6.45) is 12.4. The SMILES string of the molecule is COc1cc2nccc(Oc3ccc(NC(=S)NC(=O)CCCC4=CC=CCC4)cc3)c2cc1OC. The molecule has 0 spiro atoms. The maximum atomic E-state index is 12.2. The molecule has 7 nitrogen and oxygen atoms in total. The Bertz CT molecular complexity index is 1300. The third kappa shape index (κ3) is 6.60. The highest BCUT2D eigenvalue weighted by Gasteiger charge is 2.12. The second kappa shape index (κ2) is 12.2. The molecule has 1 aliphatic carbocycles. The van der Waals surface area contributed by atoms with Crippen molar-refractivity contribution >= 4 is 39.8 Å². The molecule has 4 rings (SSSR count). The monoisotopic (exact) mass is 503 g/mol. The molecule has 0 saturated carbocycles. The van der Waals surface area contributed by atoms with Gasteiger partial charge in [-0.3, -0.25) is 9.78 Å². The zero-order valence-corrected chi connectivity index (χ0v) is 21.2. The molecule has 0 unspecified atom stereocenters. The lowest BCUT2D eigenvalue weighted by Crippen LogP contribution is -2.33. The number of anilines is 1. The van der Waals surface area contributed by atoms with E-state index in [1.54, 1.807) is 26.5 Å². The van der Waals surface area contributed by atoms with Crippen LogP contribution in [0.1, 0.15) is 32.1 Å². The van der Waals surface area contributed by atoms with Gasteiger partial charge >= 0.3 is 0 Å². The standard InChI is InChI=1S/C28H29N3O4S/c1-33-25-17-22-23(18-26(25)34-2)29-16-15-24(22)35-21-13-11-20(12-14-21)30-28(36)31-27(32)10-6-9-19-7-4-3-5-8-19/h3-4,7,11-18H,5-6,8-10H2,1-2H3,(H2,30,31,32,36). The van der Waals surface area contributed by atoms with Crippen molar-refractivity contribution in [3.63, 3.8) is 0 Å². The molecule has 0 saturated heterocycles. The van der Waals surface area contributed by atoms with Gasteiger partial charge in [-0.25, -0.2) is 0 Å². The fourth-order valence-electron chi connectivity index (χ4n) is 3.96. The van der Waals surface area contributed by atoms with Gasteiger partial charge in [0.1, 0.15) is 11.5 Å². The van der Waals surface area contributed by atoms with Crippen LogP contribution < -0.4 is 24.8 Å². The summed E-state index contributed by atoms with van der Waals surface area (Å²) in [5, 5.41) is 6.87. The summed E-state index contributed by atoms with van der Waals surface area (Å²) in [7, 11) is 3.18. The van der Waals surface area contributed by atoms with Crippen LogP contribution in [0.5, 0.6) is 23.0 Å². The predicted octanol–water partition coefficient (Wildman–Crippen LogP) is 6.30. The van der Waals surface area contributed by atoms with Crippen LogP contribution in [0.3, 0.4) is 0 Å². The van der Waals surface area contributed by atoms with Crippen molar-refractivity contribution in [2.75, 3.05) is 19.5 Å². The molecule has 0 radical (unpaired) electrons. The zero-order valence-electron chi connectivity index (χ0n) is 20.4. The Balaban J connectivity index is 1.31. The highest BCUT2D eigenvalue weighted by atomic mass is 32.1. The summed E-state index contributed by atoms with van der Waals surface area (Å²) < 4.78 is 16.9. The quantitative estimate of drug-likeness (QED) is 0.331. The van der Waals surface area contributed by atoms with E-state index < -0.39 is 0 Å². The third-order valence-corrected chi connectivity index (χ3v) is 6.01. The van der Waals surface area contributed by atoms with Crippen molar-refractivity contribution < 1.29 is 19.0 Å². The molecule has 0 aliphatic heterocycles. The molecule has 0 atom stereocenters. The minimum absolute atomic E-state index is 0.0870. The molecule has 1 amide bonds. The number of thiocarbonyl (C=S) groups is 1. The van der Waals surface area contributed by atoms with E-state index in [1.165, 1.54) is 5.57 Å². The van der Waals surface area contributed by atoms with E-state index in [0.29, 0.717) is 29.4 Å². The second-order valence-electron chi connectivity index (χ2n) is 8.31. The van der Waals surface area contributed by atoms with Crippen molar-refractivity contribution in [1.29, 1.82) is 0 Å². The number of nitrogens with one attached hydrogen (secondary N) is 2. The van der Waals surface area contributed by atoms with E-state index in [-0.39, 0.29) is 11.0 Å². The summed E-state index contributed by atoms with van der Waals surface area (Å²) in [5.74, 6) is 2.40. The molecular weight excluding hydrogens is 474 g/mol. The van der Waals surface area contributed by atoms with Gasteiger partial charge in [0.05, 0.1) is 19.7 Å². The molecule has 0 bridgehead atoms. The molecule has 1 heterocycles. The second-order valence-corrected chi connectivity index (χ2v) is 8.72. The number of carbonyl (C=O) groups is 1. The molecule has 8 heteroatoms. The lowest BCUT2D eigenvalue weighted by molar-refractivity contribution is -0.119. The fourth-order valence-corrected chi connectivity index (χ4v) is 4.19. The molecule has 1 aromatic heterocycles. The molecule has 36 heavy (non-hydrogen) atoms. The summed E-state index contributed by atoms with van der Waals surface area (Å²) >= 11 is 5.30. The van der Waals surface area contributed by atoms with Gasteiger partial charge in [-0.05, 0) is 74.3 Å². The smallest absolute Gasteiger partial charge is 0.226 e. The zero-order chi connectivity index (χ0) is 25.3. The van der Waals surface area contributed by atoms with E-state index in [2.05, 4.69) is 33.8 Å². The highest BCUT2D eigenvalue weighted by Crippen LogP contribution is 2.37. The van der Waals surface area contributed by atoms with Gasteiger partial charge in [0, 0.05) is 29.8 Å². The number of allylic oxidation sites excluding steroid dienone is 4. The van der Waals surface area contributed by atoms with Crippen LogP contribution in [0, 0.1) is 0 Å². The molecule has 0 fully saturated rings. The fraction of sp³-hybridized carbons (Fsp3) is 0.250. The Kier molecular flexibility index (Phi) is 8.52. The van der Waals surface area contributed by atoms with Crippen LogP contribution >= 0.6 is 12.2 Å². The number of nitrogens with zero attached hydrogens (tertiary/aromatic N) is 1. The molecule has 186 valence electrons. The Morgan fingerprint density at radius 3 is 2.56 bits per heavy atom. The number of methoxy groups -OCH3 is 2. The number of rotatable bonds is 9. The van der Waals surface area contributed by atoms with Crippen LogP contribution in [0.4, 0.5) is 5.69 Å². The van der Waals surface area contributed by atoms with Gasteiger partial charge in [-0.2, -0.15) is 0 Å².